The van der Waals surface area contributed by atoms with Gasteiger partial charge in [0.05, 0.1) is 6.10 Å². The van der Waals surface area contributed by atoms with Crippen LogP contribution >= 0.6 is 11.8 Å². The molecule has 0 bridgehead atoms. The van der Waals surface area contributed by atoms with E-state index in [0.717, 1.165) is 13.0 Å². The van der Waals surface area contributed by atoms with Crippen molar-refractivity contribution in [2.45, 2.75) is 64.1 Å². The van der Waals surface area contributed by atoms with Crippen LogP contribution in [0.15, 0.2) is 0 Å². The fourth-order valence-corrected chi connectivity index (χ4v) is 2.71. The molecule has 1 nitrogen and oxygen atoms in total. The fourth-order valence-electron chi connectivity index (χ4n) is 1.24. The third kappa shape index (κ3) is 8.63. The van der Waals surface area contributed by atoms with E-state index in [2.05, 4.69) is 41.5 Å². The maximum absolute atomic E-state index is 5.55. The van der Waals surface area contributed by atoms with Crippen molar-refractivity contribution in [3.8, 4) is 0 Å². The van der Waals surface area contributed by atoms with Crippen LogP contribution in [-0.4, -0.2) is 22.7 Å². The Kier molecular flexibility index (Phi) is 6.06. The van der Waals surface area contributed by atoms with Crippen LogP contribution in [0.2, 0.25) is 0 Å². The molecule has 0 unspecified atom stereocenters. The Morgan fingerprint density at radius 2 is 1.69 bits per heavy atom. The Labute approximate surface area is 87.6 Å². The number of ether oxygens (including phenoxy) is 1. The quantitative estimate of drug-likeness (QED) is 0.652. The molecule has 0 aliphatic heterocycles. The maximum Gasteiger partial charge on any atom is 0.0518 e. The lowest BCUT2D eigenvalue weighted by atomic mass is 10.1. The highest BCUT2D eigenvalue weighted by Gasteiger charge is 2.19. The topological polar surface area (TPSA) is 9.23 Å². The zero-order valence-electron chi connectivity index (χ0n) is 9.89. The first-order chi connectivity index (χ1) is 5.83. The molecule has 13 heavy (non-hydrogen) atoms. The van der Waals surface area contributed by atoms with Crippen molar-refractivity contribution in [1.82, 2.24) is 0 Å². The lowest BCUT2D eigenvalue weighted by Gasteiger charge is -2.26. The van der Waals surface area contributed by atoms with Crippen LogP contribution in [0.5, 0.6) is 0 Å². The summed E-state index contributed by atoms with van der Waals surface area (Å²) in [5, 5.41) is 0.703. The van der Waals surface area contributed by atoms with Crippen LogP contribution in [0, 0.1) is 0 Å². The predicted molar refractivity (Wildman–Crippen MR) is 62.5 cm³/mol. The molecule has 0 fully saturated rings. The summed E-state index contributed by atoms with van der Waals surface area (Å²) >= 11 is 2.03. The fraction of sp³-hybridized carbons (Fsp3) is 1.00. The summed E-state index contributed by atoms with van der Waals surface area (Å²) in [6.07, 6.45) is 1.49. The summed E-state index contributed by atoms with van der Waals surface area (Å²) in [6, 6.07) is 0. The second kappa shape index (κ2) is 5.92. The minimum atomic E-state index is 0.350. The normalized spacial score (nSPS) is 12.9. The van der Waals surface area contributed by atoms with Gasteiger partial charge in [0.25, 0.3) is 0 Å². The van der Waals surface area contributed by atoms with Gasteiger partial charge in [0, 0.05) is 11.4 Å². The van der Waals surface area contributed by atoms with Crippen molar-refractivity contribution in [3.63, 3.8) is 0 Å². The minimum Gasteiger partial charge on any atom is -0.379 e. The molecule has 0 aromatic rings. The molecule has 0 aromatic heterocycles. The second-order valence-corrected chi connectivity index (χ2v) is 6.88. The van der Waals surface area contributed by atoms with E-state index in [1.54, 1.807) is 0 Å². The van der Waals surface area contributed by atoms with E-state index in [1.165, 1.54) is 0 Å². The third-order valence-corrected chi connectivity index (χ3v) is 3.02. The summed E-state index contributed by atoms with van der Waals surface area (Å²) in [4.78, 5) is 0. The molecule has 0 heterocycles. The number of hydrogen-bond acceptors (Lipinski definition) is 2. The molecule has 0 N–H and O–H groups in total. The molecule has 0 atom stereocenters. The van der Waals surface area contributed by atoms with Crippen molar-refractivity contribution in [2.24, 2.45) is 0 Å². The molecule has 0 saturated heterocycles. The highest BCUT2D eigenvalue weighted by Crippen LogP contribution is 2.31. The average molecular weight is 204 g/mol. The zero-order valence-corrected chi connectivity index (χ0v) is 10.7. The van der Waals surface area contributed by atoms with Crippen molar-refractivity contribution >= 4 is 11.8 Å². The Hall–Kier alpha value is 0.310. The Bertz CT molecular complexity index is 130. The summed E-state index contributed by atoms with van der Waals surface area (Å²) in [7, 11) is 0. The first-order valence-corrected chi connectivity index (χ1v) is 6.01. The largest absolute Gasteiger partial charge is 0.379 e. The summed E-state index contributed by atoms with van der Waals surface area (Å²) in [5.41, 5.74) is 0. The van der Waals surface area contributed by atoms with Crippen LogP contribution in [0.25, 0.3) is 0 Å². The molecule has 2 heteroatoms. The van der Waals surface area contributed by atoms with Crippen molar-refractivity contribution < 1.29 is 4.74 Å². The van der Waals surface area contributed by atoms with Crippen molar-refractivity contribution in [3.05, 3.63) is 0 Å². The molecule has 0 aromatic carbocycles. The Morgan fingerprint density at radius 3 is 2.08 bits per heavy atom. The van der Waals surface area contributed by atoms with E-state index in [4.69, 9.17) is 4.74 Å². The highest BCUT2D eigenvalue weighted by atomic mass is 32.2. The standard InChI is InChI=1S/C11H24OS/c1-9(2)12-8-7-11(5,6)13-10(3)4/h9-10H,7-8H2,1-6H3. The van der Waals surface area contributed by atoms with Gasteiger partial charge in [0.2, 0.25) is 0 Å². The summed E-state index contributed by atoms with van der Waals surface area (Å²) in [6.45, 7) is 14.1. The summed E-state index contributed by atoms with van der Waals surface area (Å²) in [5.74, 6) is 0. The van der Waals surface area contributed by atoms with E-state index >= 15 is 0 Å². The Balaban J connectivity index is 3.62. The highest BCUT2D eigenvalue weighted by molar-refractivity contribution is 8.01. The van der Waals surface area contributed by atoms with Gasteiger partial charge in [-0.3, -0.25) is 0 Å². The van der Waals surface area contributed by atoms with Crippen molar-refractivity contribution in [2.75, 3.05) is 6.61 Å². The number of hydrogen-bond donors (Lipinski definition) is 0. The van der Waals surface area contributed by atoms with E-state index in [0.29, 0.717) is 16.1 Å². The van der Waals surface area contributed by atoms with Gasteiger partial charge in [-0.2, -0.15) is 11.8 Å². The van der Waals surface area contributed by atoms with Crippen molar-refractivity contribution in [1.29, 1.82) is 0 Å². The molecule has 0 aliphatic rings. The van der Waals surface area contributed by atoms with E-state index in [9.17, 15) is 0 Å². The van der Waals surface area contributed by atoms with E-state index < -0.39 is 0 Å². The minimum absolute atomic E-state index is 0.350. The molecular weight excluding hydrogens is 180 g/mol. The maximum atomic E-state index is 5.55. The average Bonchev–Trinajstić information content (AvgIpc) is 1.81. The van der Waals surface area contributed by atoms with Gasteiger partial charge in [0.15, 0.2) is 0 Å². The molecule has 80 valence electrons. The first-order valence-electron chi connectivity index (χ1n) is 5.13. The van der Waals surface area contributed by atoms with Gasteiger partial charge in [-0.25, -0.2) is 0 Å². The van der Waals surface area contributed by atoms with Gasteiger partial charge in [-0.05, 0) is 25.5 Å². The predicted octanol–water partition coefficient (Wildman–Crippen LogP) is 3.72. The molecule has 0 saturated carbocycles. The van der Waals surface area contributed by atoms with Crippen LogP contribution in [0.3, 0.4) is 0 Å². The van der Waals surface area contributed by atoms with E-state index in [1.807, 2.05) is 11.8 Å². The first kappa shape index (κ1) is 13.3. The molecule has 0 aliphatic carbocycles. The molecule has 0 amide bonds. The SMILES string of the molecule is CC(C)OCCC(C)(C)SC(C)C. The third-order valence-electron chi connectivity index (χ3n) is 1.71. The lowest BCUT2D eigenvalue weighted by Crippen LogP contribution is -2.21. The number of rotatable bonds is 6. The van der Waals surface area contributed by atoms with Gasteiger partial charge in [-0.15, -0.1) is 0 Å². The van der Waals surface area contributed by atoms with Gasteiger partial charge in [0.1, 0.15) is 0 Å². The smallest absolute Gasteiger partial charge is 0.0518 e. The molecular formula is C11H24OS. The monoisotopic (exact) mass is 204 g/mol. The Morgan fingerprint density at radius 1 is 1.15 bits per heavy atom. The van der Waals surface area contributed by atoms with E-state index in [-0.39, 0.29) is 0 Å². The number of thioether (sulfide) groups is 1. The summed E-state index contributed by atoms with van der Waals surface area (Å²) < 4.78 is 5.90. The molecule has 0 rings (SSSR count). The second-order valence-electron chi connectivity index (χ2n) is 4.60. The van der Waals surface area contributed by atoms with Crippen LogP contribution in [-0.2, 0) is 4.74 Å². The van der Waals surface area contributed by atoms with Gasteiger partial charge < -0.3 is 4.74 Å². The lowest BCUT2D eigenvalue weighted by molar-refractivity contribution is 0.0733. The molecule has 0 spiro atoms. The zero-order chi connectivity index (χ0) is 10.5. The van der Waals surface area contributed by atoms with Crippen LogP contribution < -0.4 is 0 Å². The van der Waals surface area contributed by atoms with Gasteiger partial charge in [-0.1, -0.05) is 27.7 Å². The van der Waals surface area contributed by atoms with Crippen LogP contribution in [0.1, 0.15) is 48.0 Å². The van der Waals surface area contributed by atoms with Gasteiger partial charge >= 0.3 is 0 Å². The van der Waals surface area contributed by atoms with Crippen LogP contribution in [0.4, 0.5) is 0 Å². The molecule has 0 radical (unpaired) electrons.